The molecule has 0 aromatic heterocycles. The minimum absolute atomic E-state index is 0.201. The van der Waals surface area contributed by atoms with Gasteiger partial charge in [-0.1, -0.05) is 24.3 Å². The summed E-state index contributed by atoms with van der Waals surface area (Å²) in [6, 6.07) is 18.6. The first-order chi connectivity index (χ1) is 15.0. The fourth-order valence-corrected chi connectivity index (χ4v) is 2.83. The quantitative estimate of drug-likeness (QED) is 0.226. The summed E-state index contributed by atoms with van der Waals surface area (Å²) >= 11 is 0. The first-order valence-electron chi connectivity index (χ1n) is 9.45. The van der Waals surface area contributed by atoms with Crippen molar-refractivity contribution in [1.29, 1.82) is 0 Å². The molecule has 0 saturated heterocycles. The van der Waals surface area contributed by atoms with Gasteiger partial charge in [-0.05, 0) is 54.1 Å². The largest absolute Gasteiger partial charge is 0.497 e. The van der Waals surface area contributed by atoms with Crippen LogP contribution in [0.4, 0.5) is 0 Å². The molecule has 0 fully saturated rings. The van der Waals surface area contributed by atoms with Crippen LogP contribution in [0.25, 0.3) is 6.08 Å². The molecule has 0 atom stereocenters. The topological polar surface area (TPSA) is 71.1 Å². The molecule has 0 saturated carbocycles. The average molecular weight is 418 g/mol. The van der Waals surface area contributed by atoms with Crippen molar-refractivity contribution in [2.45, 2.75) is 0 Å². The lowest BCUT2D eigenvalue weighted by Gasteiger charge is -2.08. The minimum Gasteiger partial charge on any atom is -0.497 e. The zero-order valence-corrected chi connectivity index (χ0v) is 17.5. The number of allylic oxidation sites excluding steroid dienone is 1. The molecule has 0 N–H and O–H groups in total. The molecule has 0 heterocycles. The zero-order chi connectivity index (χ0) is 22.2. The molecule has 0 spiro atoms. The SMILES string of the molecule is COc1cccc(C(=O)Oc2ccc(C=CC(=O)c3ccc(OC)cc3OC)cc2)c1. The van der Waals surface area contributed by atoms with Gasteiger partial charge in [0.25, 0.3) is 0 Å². The number of carbonyl (C=O) groups is 2. The molecule has 3 rings (SSSR count). The number of carbonyl (C=O) groups excluding carboxylic acids is 2. The average Bonchev–Trinajstić information content (AvgIpc) is 2.82. The molecular formula is C25H22O6. The molecule has 0 aliphatic rings. The Hall–Kier alpha value is -4.06. The van der Waals surface area contributed by atoms with Gasteiger partial charge in [0.2, 0.25) is 0 Å². The Morgan fingerprint density at radius 3 is 2.10 bits per heavy atom. The summed E-state index contributed by atoms with van der Waals surface area (Å²) in [5.74, 6) is 1.34. The van der Waals surface area contributed by atoms with Crippen LogP contribution in [0.2, 0.25) is 0 Å². The fraction of sp³-hybridized carbons (Fsp3) is 0.120. The van der Waals surface area contributed by atoms with Gasteiger partial charge in [-0.25, -0.2) is 4.79 Å². The van der Waals surface area contributed by atoms with E-state index in [-0.39, 0.29) is 5.78 Å². The van der Waals surface area contributed by atoms with Gasteiger partial charge >= 0.3 is 5.97 Å². The fourth-order valence-electron chi connectivity index (χ4n) is 2.83. The molecule has 31 heavy (non-hydrogen) atoms. The van der Waals surface area contributed by atoms with Gasteiger partial charge in [0.1, 0.15) is 23.0 Å². The number of benzene rings is 3. The Bertz CT molecular complexity index is 1100. The molecule has 6 heteroatoms. The van der Waals surface area contributed by atoms with E-state index < -0.39 is 5.97 Å². The van der Waals surface area contributed by atoms with E-state index in [1.165, 1.54) is 20.3 Å². The predicted octanol–water partition coefficient (Wildman–Crippen LogP) is 4.83. The first-order valence-corrected chi connectivity index (χ1v) is 9.45. The number of rotatable bonds is 8. The predicted molar refractivity (Wildman–Crippen MR) is 117 cm³/mol. The van der Waals surface area contributed by atoms with Gasteiger partial charge in [-0.15, -0.1) is 0 Å². The smallest absolute Gasteiger partial charge is 0.343 e. The molecule has 3 aromatic rings. The molecular weight excluding hydrogens is 396 g/mol. The third-order valence-electron chi connectivity index (χ3n) is 4.50. The van der Waals surface area contributed by atoms with Crippen molar-refractivity contribution in [2.75, 3.05) is 21.3 Å². The second kappa shape index (κ2) is 10.1. The molecule has 0 amide bonds. The standard InChI is InChI=1S/C25H22O6/c1-28-20-6-4-5-18(15-20)25(27)31-19-10-7-17(8-11-19)9-14-23(26)22-13-12-21(29-2)16-24(22)30-3/h4-16H,1-3H3. The van der Waals surface area contributed by atoms with Crippen molar-refractivity contribution in [3.8, 4) is 23.0 Å². The lowest BCUT2D eigenvalue weighted by atomic mass is 10.1. The van der Waals surface area contributed by atoms with Crippen LogP contribution in [0, 0.1) is 0 Å². The molecule has 0 bridgehead atoms. The number of hydrogen-bond donors (Lipinski definition) is 0. The van der Waals surface area contributed by atoms with E-state index >= 15 is 0 Å². The highest BCUT2D eigenvalue weighted by Gasteiger charge is 2.11. The third kappa shape index (κ3) is 5.51. The van der Waals surface area contributed by atoms with Crippen molar-refractivity contribution >= 4 is 17.8 Å². The first kappa shape index (κ1) is 21.6. The lowest BCUT2D eigenvalue weighted by Crippen LogP contribution is -2.08. The Balaban J connectivity index is 1.67. The highest BCUT2D eigenvalue weighted by Crippen LogP contribution is 2.25. The van der Waals surface area contributed by atoms with Crippen LogP contribution >= 0.6 is 0 Å². The highest BCUT2D eigenvalue weighted by atomic mass is 16.5. The van der Waals surface area contributed by atoms with Gasteiger partial charge in [0.05, 0.1) is 32.5 Å². The summed E-state index contributed by atoms with van der Waals surface area (Å²) in [6.07, 6.45) is 3.14. The van der Waals surface area contributed by atoms with E-state index in [0.717, 1.165) is 5.56 Å². The molecule has 0 radical (unpaired) electrons. The van der Waals surface area contributed by atoms with Crippen LogP contribution in [0.3, 0.4) is 0 Å². The van der Waals surface area contributed by atoms with E-state index in [4.69, 9.17) is 18.9 Å². The maximum atomic E-state index is 12.5. The molecule has 0 aliphatic heterocycles. The van der Waals surface area contributed by atoms with E-state index in [9.17, 15) is 9.59 Å². The maximum Gasteiger partial charge on any atom is 0.343 e. The number of esters is 1. The van der Waals surface area contributed by atoms with Crippen molar-refractivity contribution in [1.82, 2.24) is 0 Å². The van der Waals surface area contributed by atoms with E-state index in [0.29, 0.717) is 34.1 Å². The van der Waals surface area contributed by atoms with E-state index in [2.05, 4.69) is 0 Å². The Morgan fingerprint density at radius 1 is 0.742 bits per heavy atom. The number of ether oxygens (including phenoxy) is 4. The Morgan fingerprint density at radius 2 is 1.42 bits per heavy atom. The van der Waals surface area contributed by atoms with Crippen molar-refractivity contribution in [2.24, 2.45) is 0 Å². The number of methoxy groups -OCH3 is 3. The van der Waals surface area contributed by atoms with Crippen molar-refractivity contribution in [3.63, 3.8) is 0 Å². The normalized spacial score (nSPS) is 10.5. The molecule has 0 aliphatic carbocycles. The lowest BCUT2D eigenvalue weighted by molar-refractivity contribution is 0.0734. The molecule has 6 nitrogen and oxygen atoms in total. The monoisotopic (exact) mass is 418 g/mol. The summed E-state index contributed by atoms with van der Waals surface area (Å²) in [4.78, 5) is 24.8. The van der Waals surface area contributed by atoms with Crippen molar-refractivity contribution < 1.29 is 28.5 Å². The second-order valence-corrected chi connectivity index (χ2v) is 6.45. The Labute approximate surface area is 180 Å². The van der Waals surface area contributed by atoms with Crippen molar-refractivity contribution in [3.05, 3.63) is 89.5 Å². The second-order valence-electron chi connectivity index (χ2n) is 6.45. The number of ketones is 1. The summed E-state index contributed by atoms with van der Waals surface area (Å²) in [5, 5.41) is 0. The summed E-state index contributed by atoms with van der Waals surface area (Å²) < 4.78 is 20.9. The molecule has 3 aromatic carbocycles. The maximum absolute atomic E-state index is 12.5. The van der Waals surface area contributed by atoms with Gasteiger partial charge in [-0.3, -0.25) is 4.79 Å². The van der Waals surface area contributed by atoms with Crippen LogP contribution < -0.4 is 18.9 Å². The third-order valence-corrected chi connectivity index (χ3v) is 4.50. The van der Waals surface area contributed by atoms with Crippen LogP contribution in [-0.4, -0.2) is 33.1 Å². The van der Waals surface area contributed by atoms with Gasteiger partial charge in [0.15, 0.2) is 5.78 Å². The van der Waals surface area contributed by atoms with Crippen LogP contribution in [0.5, 0.6) is 23.0 Å². The van der Waals surface area contributed by atoms with Gasteiger partial charge < -0.3 is 18.9 Å². The van der Waals surface area contributed by atoms with Gasteiger partial charge in [-0.2, -0.15) is 0 Å². The van der Waals surface area contributed by atoms with E-state index in [1.807, 2.05) is 0 Å². The van der Waals surface area contributed by atoms with Crippen LogP contribution in [0.15, 0.2) is 72.8 Å². The molecule has 0 unspecified atom stereocenters. The number of hydrogen-bond acceptors (Lipinski definition) is 6. The highest BCUT2D eigenvalue weighted by molar-refractivity contribution is 6.08. The summed E-state index contributed by atoms with van der Waals surface area (Å²) in [7, 11) is 4.58. The Kier molecular flexibility index (Phi) is 7.06. The summed E-state index contributed by atoms with van der Waals surface area (Å²) in [6.45, 7) is 0. The summed E-state index contributed by atoms with van der Waals surface area (Å²) in [5.41, 5.74) is 1.60. The minimum atomic E-state index is -0.482. The van der Waals surface area contributed by atoms with Crippen LogP contribution in [0.1, 0.15) is 26.3 Å². The van der Waals surface area contributed by atoms with Crippen LogP contribution in [-0.2, 0) is 0 Å². The van der Waals surface area contributed by atoms with E-state index in [1.54, 1.807) is 79.9 Å². The zero-order valence-electron chi connectivity index (χ0n) is 17.5. The molecule has 158 valence electrons. The van der Waals surface area contributed by atoms with Gasteiger partial charge in [0, 0.05) is 6.07 Å².